The smallest absolute Gasteiger partial charge is 0.0776 e. The quantitative estimate of drug-likeness (QED) is 0.398. The molecule has 0 radical (unpaired) electrons. The lowest BCUT2D eigenvalue weighted by atomic mass is 10.0. The van der Waals surface area contributed by atoms with Gasteiger partial charge in [0.2, 0.25) is 0 Å². The summed E-state index contributed by atoms with van der Waals surface area (Å²) in [4.78, 5) is 0. The first-order valence-corrected chi connectivity index (χ1v) is 1.85. The predicted molar refractivity (Wildman–Crippen MR) is 31.5 cm³/mol. The van der Waals surface area contributed by atoms with E-state index in [0.717, 1.165) is 0 Å². The van der Waals surface area contributed by atoms with Crippen LogP contribution < -0.4 is 0 Å². The largest absolute Gasteiger partial charge is 0.0970 e. The van der Waals surface area contributed by atoms with E-state index in [2.05, 4.69) is 27.7 Å². The van der Waals surface area contributed by atoms with Gasteiger partial charge in [-0.15, -0.1) is 0 Å². The van der Waals surface area contributed by atoms with Gasteiger partial charge in [-0.2, -0.15) is 0 Å². The summed E-state index contributed by atoms with van der Waals surface area (Å²) >= 11 is 0. The molecule has 0 bridgehead atoms. The molecule has 0 aliphatic carbocycles. The molecule has 0 heterocycles. The fourth-order valence-electron chi connectivity index (χ4n) is 0. The first kappa shape index (κ1) is 9.30. The van der Waals surface area contributed by atoms with E-state index in [9.17, 15) is 0 Å². The van der Waals surface area contributed by atoms with Crippen molar-refractivity contribution in [1.29, 1.82) is 0 Å². The second-order valence-corrected chi connectivity index (χ2v) is 2.56. The van der Waals surface area contributed by atoms with Gasteiger partial charge in [-0.25, -0.2) is 0 Å². The van der Waals surface area contributed by atoms with Crippen molar-refractivity contribution >= 4 is 0 Å². The molecule has 0 unspecified atom stereocenters. The summed E-state index contributed by atoms with van der Waals surface area (Å²) < 4.78 is 0. The van der Waals surface area contributed by atoms with Crippen molar-refractivity contribution in [3.8, 4) is 0 Å². The number of hydrogen-bond donors (Lipinski definition) is 0. The summed E-state index contributed by atoms with van der Waals surface area (Å²) in [7, 11) is 0. The van der Waals surface area contributed by atoms with Gasteiger partial charge in [0, 0.05) is 0 Å². The number of rotatable bonds is 0. The van der Waals surface area contributed by atoms with Crippen LogP contribution in [0.15, 0.2) is 0 Å². The third kappa shape index (κ3) is 1890. The molecule has 0 aliphatic rings. The van der Waals surface area contributed by atoms with Crippen LogP contribution in [0.2, 0.25) is 0 Å². The topological polar surface area (TPSA) is 0 Å². The van der Waals surface area contributed by atoms with Crippen LogP contribution in [-0.2, 0) is 0 Å². The van der Waals surface area contributed by atoms with Crippen molar-refractivity contribution in [2.45, 2.75) is 28.2 Å². The molecule has 0 nitrogen and oxygen atoms in total. The van der Waals surface area contributed by atoms with Gasteiger partial charge in [-0.1, -0.05) is 7.43 Å². The van der Waals surface area contributed by atoms with Gasteiger partial charge in [0.1, 0.15) is 0 Å². The Morgan fingerprint density at radius 1 is 1.17 bits per heavy atom. The maximum atomic E-state index is 3.77. The molecule has 0 amide bonds. The van der Waals surface area contributed by atoms with E-state index in [0.29, 0.717) is 0 Å². The highest BCUT2D eigenvalue weighted by Gasteiger charge is 2.05. The van der Waals surface area contributed by atoms with Crippen LogP contribution in [-0.4, -0.2) is 0 Å². The summed E-state index contributed by atoms with van der Waals surface area (Å²) in [5, 5.41) is 0. The van der Waals surface area contributed by atoms with Gasteiger partial charge < -0.3 is 0 Å². The molecule has 0 saturated carbocycles. The summed E-state index contributed by atoms with van der Waals surface area (Å²) in [6, 6.07) is 0. The van der Waals surface area contributed by atoms with Crippen LogP contribution in [0.1, 0.15) is 28.2 Å². The van der Waals surface area contributed by atoms with Crippen LogP contribution in [0.5, 0.6) is 0 Å². The molecular weight excluding hydrogens is 72.1 g/mol. The molecule has 38 valence electrons. The van der Waals surface area contributed by atoms with Crippen molar-refractivity contribution in [3.63, 3.8) is 0 Å². The maximum absolute atomic E-state index is 3.77. The summed E-state index contributed by atoms with van der Waals surface area (Å²) in [5.74, 6) is 0. The first-order chi connectivity index (χ1) is 2.00. The number of hydrogen-bond acceptors (Lipinski definition) is 0. The van der Waals surface area contributed by atoms with E-state index in [-0.39, 0.29) is 12.8 Å². The van der Waals surface area contributed by atoms with E-state index in [1.54, 1.807) is 0 Å². The molecule has 0 aromatic carbocycles. The molecule has 0 atom stereocenters. The highest BCUT2D eigenvalue weighted by atomic mass is 14.0. The minimum Gasteiger partial charge on any atom is -0.0776 e. The molecule has 0 rings (SSSR count). The van der Waals surface area contributed by atoms with Gasteiger partial charge in [0.15, 0.2) is 0 Å². The standard InChI is InChI=1S/C5H11.CH4/c1-5(2,3)4;/h1H2,2-4H3;1H4/q+1;. The van der Waals surface area contributed by atoms with E-state index in [4.69, 9.17) is 0 Å². The van der Waals surface area contributed by atoms with Crippen LogP contribution in [0.25, 0.3) is 0 Å². The molecule has 0 aliphatic heterocycles. The van der Waals surface area contributed by atoms with Crippen molar-refractivity contribution in [2.75, 3.05) is 0 Å². The molecule has 6 heavy (non-hydrogen) atoms. The highest BCUT2D eigenvalue weighted by Crippen LogP contribution is 2.07. The molecule has 0 aromatic rings. The Morgan fingerprint density at radius 3 is 1.17 bits per heavy atom. The van der Waals surface area contributed by atoms with E-state index >= 15 is 0 Å². The van der Waals surface area contributed by atoms with E-state index in [1.807, 2.05) is 0 Å². The van der Waals surface area contributed by atoms with Crippen LogP contribution in [0.3, 0.4) is 0 Å². The SMILES string of the molecule is C.[CH2+]C(C)(C)C. The van der Waals surface area contributed by atoms with Crippen LogP contribution in [0.4, 0.5) is 0 Å². The van der Waals surface area contributed by atoms with Gasteiger partial charge in [0.05, 0.1) is 12.3 Å². The third-order valence-electron chi connectivity index (χ3n) is 0. The van der Waals surface area contributed by atoms with Crippen molar-refractivity contribution in [3.05, 3.63) is 6.92 Å². The fourth-order valence-corrected chi connectivity index (χ4v) is 0. The van der Waals surface area contributed by atoms with E-state index < -0.39 is 0 Å². The van der Waals surface area contributed by atoms with Gasteiger partial charge >= 0.3 is 0 Å². The Bertz CT molecular complexity index is 15.5. The average Bonchev–Trinajstić information content (AvgIpc) is 0.722. The molecule has 0 spiro atoms. The lowest BCUT2D eigenvalue weighted by Gasteiger charge is -1.95. The normalized spacial score (nSPS) is 9.83. The molecule has 0 fully saturated rings. The minimum absolute atomic E-state index is 0. The highest BCUT2D eigenvalue weighted by molar-refractivity contribution is 4.60. The second-order valence-electron chi connectivity index (χ2n) is 2.56. The zero-order valence-corrected chi connectivity index (χ0v) is 4.21. The van der Waals surface area contributed by atoms with E-state index in [1.165, 1.54) is 0 Å². The Hall–Kier alpha value is -0.130. The third-order valence-corrected chi connectivity index (χ3v) is 0. The average molecular weight is 87.2 g/mol. The summed E-state index contributed by atoms with van der Waals surface area (Å²) in [5.41, 5.74) is 0.250. The minimum atomic E-state index is 0. The first-order valence-electron chi connectivity index (χ1n) is 1.85. The molecular formula is C6H15+. The van der Waals surface area contributed by atoms with Crippen LogP contribution in [0, 0.1) is 12.3 Å². The van der Waals surface area contributed by atoms with Crippen molar-refractivity contribution < 1.29 is 0 Å². The molecule has 0 heteroatoms. The van der Waals surface area contributed by atoms with Crippen LogP contribution >= 0.6 is 0 Å². The zero-order valence-electron chi connectivity index (χ0n) is 4.21. The molecule has 0 N–H and O–H groups in total. The molecule has 0 aromatic heterocycles. The maximum Gasteiger partial charge on any atom is 0.0970 e. The summed E-state index contributed by atoms with van der Waals surface area (Å²) in [6.45, 7) is 10.0. The Labute approximate surface area is 41.6 Å². The summed E-state index contributed by atoms with van der Waals surface area (Å²) in [6.07, 6.45) is 0. The predicted octanol–water partition coefficient (Wildman–Crippen LogP) is 2.50. The Balaban J connectivity index is 0. The van der Waals surface area contributed by atoms with Gasteiger partial charge in [-0.05, 0) is 20.8 Å². The van der Waals surface area contributed by atoms with Gasteiger partial charge in [0.25, 0.3) is 0 Å². The van der Waals surface area contributed by atoms with Crippen molar-refractivity contribution in [2.24, 2.45) is 5.41 Å². The zero-order chi connectivity index (χ0) is 4.50. The lowest BCUT2D eigenvalue weighted by Crippen LogP contribution is -1.94. The lowest BCUT2D eigenvalue weighted by molar-refractivity contribution is 0.539. The fraction of sp³-hybridized carbons (Fsp3) is 0.833. The van der Waals surface area contributed by atoms with Crippen molar-refractivity contribution in [1.82, 2.24) is 0 Å². The van der Waals surface area contributed by atoms with Gasteiger partial charge in [-0.3, -0.25) is 0 Å². The Kier molecular flexibility index (Phi) is 3.28. The monoisotopic (exact) mass is 87.1 g/mol. The second kappa shape index (κ2) is 2.12. The molecule has 0 saturated heterocycles. The Morgan fingerprint density at radius 2 is 1.17 bits per heavy atom.